The first kappa shape index (κ1) is 8.59. The van der Waals surface area contributed by atoms with Crippen molar-refractivity contribution in [3.8, 4) is 0 Å². The number of ketones is 1. The zero-order chi connectivity index (χ0) is 8.97. The fourth-order valence-electron chi connectivity index (χ4n) is 0.702. The van der Waals surface area contributed by atoms with E-state index in [1.54, 1.807) is 18.5 Å². The van der Waals surface area contributed by atoms with Gasteiger partial charge in [0.25, 0.3) is 0 Å². The summed E-state index contributed by atoms with van der Waals surface area (Å²) >= 11 is 0. The molecule has 0 spiro atoms. The molecule has 0 saturated carbocycles. The molecule has 0 amide bonds. The normalized spacial score (nSPS) is 10.5. The molecular formula is C9H10N2O. The Morgan fingerprint density at radius 1 is 1.42 bits per heavy atom. The quantitative estimate of drug-likeness (QED) is 0.617. The number of carbonyl (C=O) groups is 1. The summed E-state index contributed by atoms with van der Waals surface area (Å²) < 4.78 is 0. The summed E-state index contributed by atoms with van der Waals surface area (Å²) in [7, 11) is 0. The van der Waals surface area contributed by atoms with E-state index in [0.717, 1.165) is 11.4 Å². The van der Waals surface area contributed by atoms with Crippen molar-refractivity contribution in [3.05, 3.63) is 29.9 Å². The van der Waals surface area contributed by atoms with Crippen LogP contribution >= 0.6 is 0 Å². The highest BCUT2D eigenvalue weighted by atomic mass is 16.1. The largest absolute Gasteiger partial charge is 0.295 e. The minimum atomic E-state index is 0.0237. The summed E-state index contributed by atoms with van der Waals surface area (Å²) in [5.74, 6) is 0.755. The predicted octanol–water partition coefficient (Wildman–Crippen LogP) is 1.39. The molecule has 12 heavy (non-hydrogen) atoms. The second kappa shape index (κ2) is 3.76. The summed E-state index contributed by atoms with van der Waals surface area (Å²) in [6, 6.07) is 0. The van der Waals surface area contributed by atoms with Gasteiger partial charge in [0.05, 0.1) is 0 Å². The van der Waals surface area contributed by atoms with Crippen molar-refractivity contribution in [1.82, 2.24) is 9.97 Å². The van der Waals surface area contributed by atoms with Gasteiger partial charge in [-0.1, -0.05) is 0 Å². The van der Waals surface area contributed by atoms with Crippen LogP contribution in [-0.2, 0) is 4.79 Å². The molecule has 0 atom stereocenters. The number of allylic oxidation sites excluding steroid dienone is 1. The van der Waals surface area contributed by atoms with Crippen molar-refractivity contribution in [1.29, 1.82) is 0 Å². The van der Waals surface area contributed by atoms with E-state index in [4.69, 9.17) is 0 Å². The van der Waals surface area contributed by atoms with Crippen molar-refractivity contribution in [2.45, 2.75) is 13.8 Å². The van der Waals surface area contributed by atoms with Crippen molar-refractivity contribution >= 4 is 11.9 Å². The highest BCUT2D eigenvalue weighted by molar-refractivity contribution is 5.91. The molecule has 0 aliphatic carbocycles. The Balaban J connectivity index is 2.77. The van der Waals surface area contributed by atoms with E-state index in [-0.39, 0.29) is 5.78 Å². The Morgan fingerprint density at radius 3 is 2.50 bits per heavy atom. The molecule has 3 nitrogen and oxygen atoms in total. The minimum absolute atomic E-state index is 0.0237. The Morgan fingerprint density at radius 2 is 2.00 bits per heavy atom. The molecular weight excluding hydrogens is 152 g/mol. The number of carbonyl (C=O) groups excluding carboxylic acids is 1. The van der Waals surface area contributed by atoms with Crippen LogP contribution in [-0.4, -0.2) is 15.8 Å². The smallest absolute Gasteiger partial charge is 0.152 e. The zero-order valence-corrected chi connectivity index (χ0v) is 7.11. The number of rotatable bonds is 2. The number of hydrogen-bond acceptors (Lipinski definition) is 3. The fourth-order valence-corrected chi connectivity index (χ4v) is 0.702. The van der Waals surface area contributed by atoms with E-state index < -0.39 is 0 Å². The number of aryl methyl sites for hydroxylation is 1. The van der Waals surface area contributed by atoms with E-state index in [0.29, 0.717) is 0 Å². The van der Waals surface area contributed by atoms with Crippen LogP contribution < -0.4 is 0 Å². The summed E-state index contributed by atoms with van der Waals surface area (Å²) in [5.41, 5.74) is 0.843. The van der Waals surface area contributed by atoms with Crippen molar-refractivity contribution < 1.29 is 4.79 Å². The van der Waals surface area contributed by atoms with E-state index >= 15 is 0 Å². The lowest BCUT2D eigenvalue weighted by Gasteiger charge is -1.91. The second-order valence-electron chi connectivity index (χ2n) is 2.51. The summed E-state index contributed by atoms with van der Waals surface area (Å²) in [6.45, 7) is 3.32. The molecule has 0 radical (unpaired) electrons. The van der Waals surface area contributed by atoms with Crippen LogP contribution in [0.5, 0.6) is 0 Å². The monoisotopic (exact) mass is 162 g/mol. The molecule has 1 rings (SSSR count). The van der Waals surface area contributed by atoms with Gasteiger partial charge in [-0.25, -0.2) is 9.97 Å². The van der Waals surface area contributed by atoms with Crippen LogP contribution in [0.3, 0.4) is 0 Å². The van der Waals surface area contributed by atoms with Crippen LogP contribution in [0.1, 0.15) is 18.3 Å². The van der Waals surface area contributed by atoms with Gasteiger partial charge in [0, 0.05) is 18.0 Å². The molecule has 1 heterocycles. The van der Waals surface area contributed by atoms with Crippen molar-refractivity contribution in [3.63, 3.8) is 0 Å². The van der Waals surface area contributed by atoms with E-state index in [2.05, 4.69) is 9.97 Å². The van der Waals surface area contributed by atoms with Gasteiger partial charge in [0.15, 0.2) is 5.78 Å². The summed E-state index contributed by atoms with van der Waals surface area (Å²) in [5, 5.41) is 0. The lowest BCUT2D eigenvalue weighted by molar-refractivity contribution is -0.112. The molecule has 0 N–H and O–H groups in total. The predicted molar refractivity (Wildman–Crippen MR) is 46.5 cm³/mol. The van der Waals surface area contributed by atoms with Crippen LogP contribution in [0.2, 0.25) is 0 Å². The highest BCUT2D eigenvalue weighted by Crippen LogP contribution is 1.97. The first-order valence-electron chi connectivity index (χ1n) is 3.66. The molecule has 0 aromatic carbocycles. The number of aromatic nitrogens is 2. The number of hydrogen-bond donors (Lipinski definition) is 0. The van der Waals surface area contributed by atoms with Crippen LogP contribution in [0.25, 0.3) is 6.08 Å². The third kappa shape index (κ3) is 2.62. The molecule has 0 unspecified atom stereocenters. The Kier molecular flexibility index (Phi) is 2.69. The van der Waals surface area contributed by atoms with Gasteiger partial charge in [-0.2, -0.15) is 0 Å². The maximum absolute atomic E-state index is 10.6. The average molecular weight is 162 g/mol. The van der Waals surface area contributed by atoms with Crippen LogP contribution in [0.4, 0.5) is 0 Å². The van der Waals surface area contributed by atoms with E-state index in [1.165, 1.54) is 13.0 Å². The minimum Gasteiger partial charge on any atom is -0.295 e. The number of nitrogens with zero attached hydrogens (tertiary/aromatic N) is 2. The van der Waals surface area contributed by atoms with Gasteiger partial charge in [-0.05, 0) is 26.0 Å². The molecule has 3 heteroatoms. The molecule has 0 aliphatic heterocycles. The second-order valence-corrected chi connectivity index (χ2v) is 2.51. The highest BCUT2D eigenvalue weighted by Gasteiger charge is 1.88. The van der Waals surface area contributed by atoms with Gasteiger partial charge in [0.2, 0.25) is 0 Å². The van der Waals surface area contributed by atoms with Gasteiger partial charge < -0.3 is 0 Å². The molecule has 1 aromatic heterocycles. The Labute approximate surface area is 71.2 Å². The maximum Gasteiger partial charge on any atom is 0.152 e. The van der Waals surface area contributed by atoms with Crippen LogP contribution in [0, 0.1) is 6.92 Å². The van der Waals surface area contributed by atoms with E-state index in [1.807, 2.05) is 6.92 Å². The first-order valence-corrected chi connectivity index (χ1v) is 3.66. The van der Waals surface area contributed by atoms with Gasteiger partial charge in [-0.3, -0.25) is 4.79 Å². The maximum atomic E-state index is 10.6. The van der Waals surface area contributed by atoms with Gasteiger partial charge in [-0.15, -0.1) is 0 Å². The standard InChI is InChI=1S/C9H10N2O/c1-7(12)3-4-9-5-10-8(2)11-6-9/h3-6H,1-2H3/b4-3+. The van der Waals surface area contributed by atoms with Crippen molar-refractivity contribution in [2.24, 2.45) is 0 Å². The lowest BCUT2D eigenvalue weighted by Crippen LogP contribution is -1.87. The molecule has 0 aliphatic rings. The first-order chi connectivity index (χ1) is 5.68. The Hall–Kier alpha value is -1.51. The molecule has 0 saturated heterocycles. The molecule has 1 aromatic rings. The summed E-state index contributed by atoms with van der Waals surface area (Å²) in [6.07, 6.45) is 6.55. The molecule has 0 fully saturated rings. The van der Waals surface area contributed by atoms with E-state index in [9.17, 15) is 4.79 Å². The van der Waals surface area contributed by atoms with Crippen LogP contribution in [0.15, 0.2) is 18.5 Å². The third-order valence-electron chi connectivity index (χ3n) is 1.31. The average Bonchev–Trinajstić information content (AvgIpc) is 2.03. The molecule has 0 bridgehead atoms. The topological polar surface area (TPSA) is 42.9 Å². The fraction of sp³-hybridized carbons (Fsp3) is 0.222. The lowest BCUT2D eigenvalue weighted by atomic mass is 10.3. The summed E-state index contributed by atoms with van der Waals surface area (Å²) in [4.78, 5) is 18.5. The Bertz CT molecular complexity index is 301. The van der Waals surface area contributed by atoms with Gasteiger partial charge >= 0.3 is 0 Å². The van der Waals surface area contributed by atoms with Gasteiger partial charge in [0.1, 0.15) is 5.82 Å². The van der Waals surface area contributed by atoms with Crippen molar-refractivity contribution in [2.75, 3.05) is 0 Å². The third-order valence-corrected chi connectivity index (χ3v) is 1.31. The molecule has 62 valence electrons. The zero-order valence-electron chi connectivity index (χ0n) is 7.11. The SMILES string of the molecule is CC(=O)/C=C/c1cnc(C)nc1.